The van der Waals surface area contributed by atoms with Crippen LogP contribution < -0.4 is 5.73 Å². The molecule has 0 aliphatic carbocycles. The molecule has 1 aliphatic heterocycles. The van der Waals surface area contributed by atoms with Gasteiger partial charge in [0.25, 0.3) is 0 Å². The minimum atomic E-state index is -0.542. The summed E-state index contributed by atoms with van der Waals surface area (Å²) in [6.07, 6.45) is 0.275. The molecular weight excluding hydrogens is 363 g/mol. The summed E-state index contributed by atoms with van der Waals surface area (Å²) in [7, 11) is 0. The van der Waals surface area contributed by atoms with Crippen LogP contribution in [0, 0.1) is 0 Å². The van der Waals surface area contributed by atoms with Crippen molar-refractivity contribution in [1.29, 1.82) is 0 Å². The molecule has 1 heterocycles. The number of hydrogen-bond acceptors (Lipinski definition) is 4. The zero-order chi connectivity index (χ0) is 18.6. The number of rotatable bonds is 3. The van der Waals surface area contributed by atoms with Gasteiger partial charge in [0.05, 0.1) is 22.8 Å². The van der Waals surface area contributed by atoms with E-state index in [-0.39, 0.29) is 18.1 Å². The summed E-state index contributed by atoms with van der Waals surface area (Å²) in [5, 5.41) is 0.984. The highest BCUT2D eigenvalue weighted by molar-refractivity contribution is 6.42. The Kier molecular flexibility index (Phi) is 6.97. The number of ether oxygens (including phenoxy) is 2. The highest BCUT2D eigenvalue weighted by Crippen LogP contribution is 2.32. The summed E-state index contributed by atoms with van der Waals surface area (Å²) in [5.74, 6) is -0.0478. The van der Waals surface area contributed by atoms with Crippen LogP contribution in [0.25, 0.3) is 0 Å². The maximum atomic E-state index is 12.5. The van der Waals surface area contributed by atoms with E-state index >= 15 is 0 Å². The molecule has 1 aliphatic rings. The fourth-order valence-electron chi connectivity index (χ4n) is 2.88. The lowest BCUT2D eigenvalue weighted by Gasteiger charge is -2.30. The van der Waals surface area contributed by atoms with Crippen LogP contribution in [-0.2, 0) is 9.47 Å². The van der Waals surface area contributed by atoms with E-state index in [0.29, 0.717) is 42.7 Å². The number of amides is 1. The van der Waals surface area contributed by atoms with Gasteiger partial charge in [-0.25, -0.2) is 4.79 Å². The predicted octanol–water partition coefficient (Wildman–Crippen LogP) is 4.06. The molecule has 2 rings (SSSR count). The van der Waals surface area contributed by atoms with E-state index in [4.69, 9.17) is 38.4 Å². The maximum absolute atomic E-state index is 12.5. The molecule has 1 fully saturated rings. The minimum Gasteiger partial charge on any atom is -0.444 e. The molecule has 0 unspecified atom stereocenters. The summed E-state index contributed by atoms with van der Waals surface area (Å²) in [4.78, 5) is 14.2. The first-order chi connectivity index (χ1) is 11.7. The second kappa shape index (κ2) is 8.58. The standard InChI is InChI=1S/C18H26Cl2N2O3/c1-18(2,3)25-17(23)22-8-9-24-16(6-7-21)13(11-22)12-4-5-14(19)15(20)10-12/h4-5,10,13,16H,6-9,11,21H2,1-3H3/t13-,16-/m0/s1. The molecule has 1 amide bonds. The van der Waals surface area contributed by atoms with Gasteiger partial charge in [0.2, 0.25) is 0 Å². The van der Waals surface area contributed by atoms with Gasteiger partial charge in [-0.15, -0.1) is 0 Å². The lowest BCUT2D eigenvalue weighted by atomic mass is 9.91. The summed E-state index contributed by atoms with van der Waals surface area (Å²) in [6.45, 7) is 7.48. The van der Waals surface area contributed by atoms with Crippen molar-refractivity contribution in [2.24, 2.45) is 5.73 Å². The SMILES string of the molecule is CC(C)(C)OC(=O)N1CCO[C@@H](CCN)[C@H](c2ccc(Cl)c(Cl)c2)C1. The van der Waals surface area contributed by atoms with E-state index in [0.717, 1.165) is 5.56 Å². The van der Waals surface area contributed by atoms with Crippen LogP contribution in [0.4, 0.5) is 4.79 Å². The number of benzene rings is 1. The van der Waals surface area contributed by atoms with Crippen molar-refractivity contribution < 1.29 is 14.3 Å². The first kappa shape index (κ1) is 20.3. The smallest absolute Gasteiger partial charge is 0.410 e. The van der Waals surface area contributed by atoms with Gasteiger partial charge in [-0.1, -0.05) is 29.3 Å². The zero-order valence-corrected chi connectivity index (χ0v) is 16.4. The topological polar surface area (TPSA) is 64.8 Å². The highest BCUT2D eigenvalue weighted by Gasteiger charge is 2.33. The van der Waals surface area contributed by atoms with Crippen molar-refractivity contribution in [2.45, 2.75) is 44.8 Å². The monoisotopic (exact) mass is 388 g/mol. The van der Waals surface area contributed by atoms with Gasteiger partial charge in [0.1, 0.15) is 5.60 Å². The van der Waals surface area contributed by atoms with Gasteiger partial charge in [-0.3, -0.25) is 0 Å². The molecule has 25 heavy (non-hydrogen) atoms. The molecular formula is C18H26Cl2N2O3. The average molecular weight is 389 g/mol. The minimum absolute atomic E-state index is 0.0478. The highest BCUT2D eigenvalue weighted by atomic mass is 35.5. The second-order valence-corrected chi connectivity index (χ2v) is 8.01. The van der Waals surface area contributed by atoms with Gasteiger partial charge in [0.15, 0.2) is 0 Å². The molecule has 0 spiro atoms. The van der Waals surface area contributed by atoms with Crippen LogP contribution >= 0.6 is 23.2 Å². The molecule has 1 aromatic rings. The molecule has 140 valence electrons. The molecule has 2 N–H and O–H groups in total. The number of nitrogens with zero attached hydrogens (tertiary/aromatic N) is 1. The Morgan fingerprint density at radius 2 is 2.08 bits per heavy atom. The van der Waals surface area contributed by atoms with E-state index in [9.17, 15) is 4.79 Å². The maximum Gasteiger partial charge on any atom is 0.410 e. The van der Waals surface area contributed by atoms with Crippen LogP contribution in [0.5, 0.6) is 0 Å². The van der Waals surface area contributed by atoms with Gasteiger partial charge < -0.3 is 20.1 Å². The lowest BCUT2D eigenvalue weighted by molar-refractivity contribution is 0.0229. The van der Waals surface area contributed by atoms with Crippen LogP contribution in [0.15, 0.2) is 18.2 Å². The largest absolute Gasteiger partial charge is 0.444 e. The number of hydrogen-bond donors (Lipinski definition) is 1. The molecule has 0 radical (unpaired) electrons. The van der Waals surface area contributed by atoms with E-state index in [1.54, 1.807) is 11.0 Å². The third-order valence-corrected chi connectivity index (χ3v) is 4.77. The molecule has 1 saturated heterocycles. The number of nitrogens with two attached hydrogens (primary N) is 1. The Morgan fingerprint density at radius 1 is 1.36 bits per heavy atom. The van der Waals surface area contributed by atoms with Crippen LogP contribution in [-0.4, -0.2) is 48.9 Å². The molecule has 7 heteroatoms. The Morgan fingerprint density at radius 3 is 2.68 bits per heavy atom. The van der Waals surface area contributed by atoms with Gasteiger partial charge in [-0.05, 0) is 51.4 Å². The third kappa shape index (κ3) is 5.74. The van der Waals surface area contributed by atoms with Crippen molar-refractivity contribution in [3.63, 3.8) is 0 Å². The van der Waals surface area contributed by atoms with Crippen molar-refractivity contribution in [3.8, 4) is 0 Å². The van der Waals surface area contributed by atoms with E-state index in [1.165, 1.54) is 0 Å². The van der Waals surface area contributed by atoms with Gasteiger partial charge >= 0.3 is 6.09 Å². The molecule has 1 aromatic carbocycles. The Bertz CT molecular complexity index is 604. The first-order valence-corrected chi connectivity index (χ1v) is 9.21. The van der Waals surface area contributed by atoms with Crippen molar-refractivity contribution in [1.82, 2.24) is 4.90 Å². The van der Waals surface area contributed by atoms with Crippen LogP contribution in [0.3, 0.4) is 0 Å². The van der Waals surface area contributed by atoms with E-state index < -0.39 is 5.60 Å². The summed E-state index contributed by atoms with van der Waals surface area (Å²) < 4.78 is 11.5. The fraction of sp³-hybridized carbons (Fsp3) is 0.611. The van der Waals surface area contributed by atoms with E-state index in [1.807, 2.05) is 32.9 Å². The zero-order valence-electron chi connectivity index (χ0n) is 14.9. The van der Waals surface area contributed by atoms with Crippen molar-refractivity contribution >= 4 is 29.3 Å². The van der Waals surface area contributed by atoms with Crippen molar-refractivity contribution in [3.05, 3.63) is 33.8 Å². The molecule has 2 atom stereocenters. The Hall–Kier alpha value is -1.01. The fourth-order valence-corrected chi connectivity index (χ4v) is 3.19. The van der Waals surface area contributed by atoms with Gasteiger partial charge in [0, 0.05) is 19.0 Å². The van der Waals surface area contributed by atoms with Crippen LogP contribution in [0.1, 0.15) is 38.7 Å². The quantitative estimate of drug-likeness (QED) is 0.847. The van der Waals surface area contributed by atoms with Gasteiger partial charge in [-0.2, -0.15) is 0 Å². The molecule has 0 bridgehead atoms. The summed E-state index contributed by atoms with van der Waals surface area (Å²) in [5.41, 5.74) is 6.18. The molecule has 0 aromatic heterocycles. The average Bonchev–Trinajstić information content (AvgIpc) is 2.72. The number of halogens is 2. The Balaban J connectivity index is 2.26. The Labute approximate surface area is 159 Å². The molecule has 0 saturated carbocycles. The molecule has 5 nitrogen and oxygen atoms in total. The summed E-state index contributed by atoms with van der Waals surface area (Å²) in [6, 6.07) is 5.52. The first-order valence-electron chi connectivity index (χ1n) is 8.46. The number of carbonyl (C=O) groups excluding carboxylic acids is 1. The lowest BCUT2D eigenvalue weighted by Crippen LogP contribution is -2.40. The third-order valence-electron chi connectivity index (χ3n) is 4.03. The van der Waals surface area contributed by atoms with E-state index in [2.05, 4.69) is 0 Å². The van der Waals surface area contributed by atoms with Crippen LogP contribution in [0.2, 0.25) is 10.0 Å². The van der Waals surface area contributed by atoms with Crippen molar-refractivity contribution in [2.75, 3.05) is 26.2 Å². The second-order valence-electron chi connectivity index (χ2n) is 7.19. The predicted molar refractivity (Wildman–Crippen MR) is 100 cm³/mol. The normalized spacial score (nSPS) is 21.8. The number of carbonyl (C=O) groups is 1. The summed E-state index contributed by atoms with van der Waals surface area (Å²) >= 11 is 12.2.